The highest BCUT2D eigenvalue weighted by atomic mass is 16.5. The smallest absolute Gasteiger partial charge is 0.340 e. The number of carbonyl (C=O) groups is 2. The van der Waals surface area contributed by atoms with Gasteiger partial charge in [-0.1, -0.05) is 0 Å². The molecule has 7 nitrogen and oxygen atoms in total. The van der Waals surface area contributed by atoms with Crippen LogP contribution >= 0.6 is 0 Å². The van der Waals surface area contributed by atoms with Crippen LogP contribution in [-0.2, 0) is 9.53 Å². The number of nitrogen functional groups attached to an aromatic ring is 1. The number of hydrogen-bond donors (Lipinski definition) is 1. The van der Waals surface area contributed by atoms with E-state index in [0.717, 1.165) is 0 Å². The van der Waals surface area contributed by atoms with Gasteiger partial charge in [0.2, 0.25) is 5.91 Å². The maximum absolute atomic E-state index is 11.8. The van der Waals surface area contributed by atoms with E-state index < -0.39 is 5.97 Å². The van der Waals surface area contributed by atoms with Crippen LogP contribution in [0.3, 0.4) is 0 Å². The molecule has 0 saturated carbocycles. The summed E-state index contributed by atoms with van der Waals surface area (Å²) in [6.07, 6.45) is 1.41. The number of amides is 1. The number of hydrogen-bond acceptors (Lipinski definition) is 6. The van der Waals surface area contributed by atoms with Gasteiger partial charge in [0.15, 0.2) is 0 Å². The van der Waals surface area contributed by atoms with Gasteiger partial charge in [0.1, 0.15) is 5.82 Å². The fourth-order valence-electron chi connectivity index (χ4n) is 1.67. The molecular weight excluding hydrogens is 272 g/mol. The van der Waals surface area contributed by atoms with Crippen LogP contribution in [0.5, 0.6) is 0 Å². The zero-order valence-corrected chi connectivity index (χ0v) is 12.9. The van der Waals surface area contributed by atoms with Gasteiger partial charge in [-0.25, -0.2) is 9.78 Å². The molecule has 0 radical (unpaired) electrons. The number of aromatic nitrogens is 1. The second kappa shape index (κ2) is 7.47. The Morgan fingerprint density at radius 3 is 2.52 bits per heavy atom. The number of carbonyl (C=O) groups excluding carboxylic acids is 2. The van der Waals surface area contributed by atoms with Gasteiger partial charge in [0.05, 0.1) is 30.6 Å². The second-order valence-corrected chi connectivity index (χ2v) is 4.65. The van der Waals surface area contributed by atoms with E-state index in [1.807, 2.05) is 6.92 Å². The van der Waals surface area contributed by atoms with Gasteiger partial charge in [0, 0.05) is 20.6 Å². The number of pyridine rings is 1. The molecule has 116 valence electrons. The molecule has 1 amide bonds. The normalized spacial score (nSPS) is 10.1. The van der Waals surface area contributed by atoms with Crippen LogP contribution in [0.1, 0.15) is 24.2 Å². The minimum Gasteiger partial charge on any atom is -0.462 e. The Kier molecular flexibility index (Phi) is 5.95. The van der Waals surface area contributed by atoms with Crippen LogP contribution < -0.4 is 10.6 Å². The zero-order valence-electron chi connectivity index (χ0n) is 12.9. The Morgan fingerprint density at radius 2 is 2.00 bits per heavy atom. The summed E-state index contributed by atoms with van der Waals surface area (Å²) in [5.74, 6) is -0.0215. The quantitative estimate of drug-likeness (QED) is 0.779. The van der Waals surface area contributed by atoms with Gasteiger partial charge in [-0.15, -0.1) is 0 Å². The third kappa shape index (κ3) is 4.34. The number of nitrogens with two attached hydrogens (primary N) is 1. The van der Waals surface area contributed by atoms with Gasteiger partial charge >= 0.3 is 5.97 Å². The number of ether oxygens (including phenoxy) is 1. The molecule has 1 rings (SSSR count). The molecule has 1 aromatic heterocycles. The van der Waals surface area contributed by atoms with Crippen LogP contribution in [0.25, 0.3) is 0 Å². The average Bonchev–Trinajstić information content (AvgIpc) is 2.45. The minimum atomic E-state index is -0.492. The van der Waals surface area contributed by atoms with Crippen LogP contribution in [0.15, 0.2) is 12.3 Å². The molecule has 0 saturated heterocycles. The molecule has 0 spiro atoms. The van der Waals surface area contributed by atoms with E-state index in [9.17, 15) is 9.59 Å². The van der Waals surface area contributed by atoms with E-state index >= 15 is 0 Å². The van der Waals surface area contributed by atoms with Gasteiger partial charge in [-0.05, 0) is 19.9 Å². The summed E-state index contributed by atoms with van der Waals surface area (Å²) in [6, 6.07) is 1.56. The summed E-state index contributed by atoms with van der Waals surface area (Å²) in [5.41, 5.74) is 6.27. The monoisotopic (exact) mass is 294 g/mol. The van der Waals surface area contributed by atoms with E-state index in [-0.39, 0.29) is 30.3 Å². The van der Waals surface area contributed by atoms with Crippen molar-refractivity contribution in [2.75, 3.05) is 44.4 Å². The van der Waals surface area contributed by atoms with E-state index in [4.69, 9.17) is 10.5 Å². The SMILES string of the molecule is CCOC(=O)c1cc(N(CC)CC(=O)N(C)C)ncc1N. The Labute approximate surface area is 124 Å². The molecule has 0 aliphatic rings. The molecule has 2 N–H and O–H groups in total. The minimum absolute atomic E-state index is 0.0480. The maximum Gasteiger partial charge on any atom is 0.340 e. The second-order valence-electron chi connectivity index (χ2n) is 4.65. The van der Waals surface area contributed by atoms with E-state index in [1.54, 1.807) is 32.0 Å². The summed E-state index contributed by atoms with van der Waals surface area (Å²) in [5, 5.41) is 0. The van der Waals surface area contributed by atoms with Crippen LogP contribution in [0.2, 0.25) is 0 Å². The van der Waals surface area contributed by atoms with Crippen molar-refractivity contribution in [3.05, 3.63) is 17.8 Å². The van der Waals surface area contributed by atoms with Gasteiger partial charge in [-0.2, -0.15) is 0 Å². The van der Waals surface area contributed by atoms with E-state index in [1.165, 1.54) is 11.1 Å². The first kappa shape index (κ1) is 16.7. The highest BCUT2D eigenvalue weighted by molar-refractivity contribution is 5.95. The summed E-state index contributed by atoms with van der Waals surface area (Å²) in [6.45, 7) is 4.67. The Bertz CT molecular complexity index is 517. The van der Waals surface area contributed by atoms with Crippen molar-refractivity contribution in [2.24, 2.45) is 0 Å². The predicted molar refractivity (Wildman–Crippen MR) is 81.2 cm³/mol. The molecule has 1 aromatic rings. The molecular formula is C14H22N4O3. The fraction of sp³-hybridized carbons (Fsp3) is 0.500. The predicted octanol–water partition coefficient (Wildman–Crippen LogP) is 0.755. The molecule has 1 heterocycles. The molecule has 0 bridgehead atoms. The van der Waals surface area contributed by atoms with Crippen LogP contribution in [-0.4, -0.2) is 55.6 Å². The van der Waals surface area contributed by atoms with Crippen LogP contribution in [0.4, 0.5) is 11.5 Å². The molecule has 0 aromatic carbocycles. The van der Waals surface area contributed by atoms with Gasteiger partial charge < -0.3 is 20.3 Å². The summed E-state index contributed by atoms with van der Waals surface area (Å²) in [4.78, 5) is 31.1. The van der Waals surface area contributed by atoms with Crippen LogP contribution in [0, 0.1) is 0 Å². The molecule has 7 heteroatoms. The highest BCUT2D eigenvalue weighted by Gasteiger charge is 2.17. The lowest BCUT2D eigenvalue weighted by atomic mass is 10.2. The lowest BCUT2D eigenvalue weighted by Crippen LogP contribution is -2.37. The van der Waals surface area contributed by atoms with E-state index in [0.29, 0.717) is 12.4 Å². The standard InChI is InChI=1S/C14H22N4O3/c1-5-18(9-13(19)17(3)4)12-7-10(11(15)8-16-12)14(20)21-6-2/h7-8H,5-6,9,15H2,1-4H3. The largest absolute Gasteiger partial charge is 0.462 e. The summed E-state index contributed by atoms with van der Waals surface area (Å²) >= 11 is 0. The summed E-state index contributed by atoms with van der Waals surface area (Å²) in [7, 11) is 3.38. The average molecular weight is 294 g/mol. The van der Waals surface area contributed by atoms with Crippen molar-refractivity contribution in [3.63, 3.8) is 0 Å². The molecule has 0 unspecified atom stereocenters. The molecule has 0 fully saturated rings. The van der Waals surface area contributed by atoms with Crippen molar-refractivity contribution in [2.45, 2.75) is 13.8 Å². The lowest BCUT2D eigenvalue weighted by Gasteiger charge is -2.23. The number of likely N-dealkylation sites (N-methyl/N-ethyl adjacent to an activating group) is 2. The number of rotatable bonds is 6. The molecule has 21 heavy (non-hydrogen) atoms. The first-order chi connectivity index (χ1) is 9.90. The van der Waals surface area contributed by atoms with Gasteiger partial charge in [0.25, 0.3) is 0 Å². The molecule has 0 atom stereocenters. The Morgan fingerprint density at radius 1 is 1.33 bits per heavy atom. The van der Waals surface area contributed by atoms with Crippen molar-refractivity contribution in [3.8, 4) is 0 Å². The number of anilines is 2. The topological polar surface area (TPSA) is 88.8 Å². The summed E-state index contributed by atoms with van der Waals surface area (Å²) < 4.78 is 4.96. The maximum atomic E-state index is 11.8. The van der Waals surface area contributed by atoms with E-state index in [2.05, 4.69) is 4.98 Å². The first-order valence-electron chi connectivity index (χ1n) is 6.78. The van der Waals surface area contributed by atoms with Crippen molar-refractivity contribution in [1.82, 2.24) is 9.88 Å². The zero-order chi connectivity index (χ0) is 16.0. The highest BCUT2D eigenvalue weighted by Crippen LogP contribution is 2.19. The third-order valence-corrected chi connectivity index (χ3v) is 2.95. The van der Waals surface area contributed by atoms with Crippen molar-refractivity contribution >= 4 is 23.4 Å². The Hall–Kier alpha value is -2.31. The number of nitrogens with zero attached hydrogens (tertiary/aromatic N) is 3. The lowest BCUT2D eigenvalue weighted by molar-refractivity contribution is -0.127. The molecule has 0 aliphatic heterocycles. The number of esters is 1. The molecule has 0 aliphatic carbocycles. The first-order valence-corrected chi connectivity index (χ1v) is 6.78. The third-order valence-electron chi connectivity index (χ3n) is 2.95. The fourth-order valence-corrected chi connectivity index (χ4v) is 1.67. The van der Waals surface area contributed by atoms with Crippen molar-refractivity contribution < 1.29 is 14.3 Å². The van der Waals surface area contributed by atoms with Gasteiger partial charge in [-0.3, -0.25) is 4.79 Å². The Balaban J connectivity index is 3.03. The van der Waals surface area contributed by atoms with Crippen molar-refractivity contribution in [1.29, 1.82) is 0 Å².